The Bertz CT molecular complexity index is 351. The summed E-state index contributed by atoms with van der Waals surface area (Å²) in [6.07, 6.45) is 3.42. The molecule has 2 fully saturated rings. The van der Waals surface area contributed by atoms with Crippen LogP contribution in [0.2, 0.25) is 0 Å². The smallest absolute Gasteiger partial charge is 0.317 e. The molecule has 0 aromatic rings. The van der Waals surface area contributed by atoms with Crippen molar-refractivity contribution >= 4 is 23.8 Å². The van der Waals surface area contributed by atoms with Gasteiger partial charge in [-0.25, -0.2) is 4.79 Å². The van der Waals surface area contributed by atoms with E-state index in [9.17, 15) is 9.59 Å². The van der Waals surface area contributed by atoms with Gasteiger partial charge in [0, 0.05) is 24.1 Å². The van der Waals surface area contributed by atoms with E-state index in [1.807, 2.05) is 0 Å². The Kier molecular flexibility index (Phi) is 4.96. The summed E-state index contributed by atoms with van der Waals surface area (Å²) in [6.45, 7) is 2.81. The number of hydrogen-bond acceptors (Lipinski definition) is 3. The average Bonchev–Trinajstić information content (AvgIpc) is 2.75. The summed E-state index contributed by atoms with van der Waals surface area (Å²) in [5, 5.41) is 12.0. The molecule has 3 unspecified atom stereocenters. The summed E-state index contributed by atoms with van der Waals surface area (Å²) in [7, 11) is 0. The van der Waals surface area contributed by atoms with Crippen molar-refractivity contribution in [3.05, 3.63) is 0 Å². The van der Waals surface area contributed by atoms with Gasteiger partial charge >= 0.3 is 12.0 Å². The highest BCUT2D eigenvalue weighted by Gasteiger charge is 2.32. The van der Waals surface area contributed by atoms with Crippen molar-refractivity contribution in [2.75, 3.05) is 18.1 Å². The quantitative estimate of drug-likeness (QED) is 0.829. The molecule has 1 aliphatic heterocycles. The molecule has 0 aromatic carbocycles. The van der Waals surface area contributed by atoms with Crippen LogP contribution in [0.5, 0.6) is 0 Å². The minimum absolute atomic E-state index is 0.0423. The van der Waals surface area contributed by atoms with Crippen LogP contribution in [-0.2, 0) is 4.79 Å². The number of rotatable bonds is 3. The molecule has 6 heteroatoms. The van der Waals surface area contributed by atoms with E-state index >= 15 is 0 Å². The van der Waals surface area contributed by atoms with E-state index < -0.39 is 5.97 Å². The standard InChI is InChI=1S/C13H22N2O3S/c1-9-3-2-4-11(9)14-13(18)15-5-6-19-8-10(15)7-12(16)17/h9-11H,2-8H2,1H3,(H,14,18)(H,16,17). The van der Waals surface area contributed by atoms with Gasteiger partial charge < -0.3 is 15.3 Å². The number of thioether (sulfide) groups is 1. The van der Waals surface area contributed by atoms with Crippen molar-refractivity contribution in [3.63, 3.8) is 0 Å². The molecule has 2 N–H and O–H groups in total. The molecule has 2 amide bonds. The summed E-state index contributed by atoms with van der Waals surface area (Å²) in [6, 6.07) is 0.00539. The van der Waals surface area contributed by atoms with E-state index in [1.54, 1.807) is 16.7 Å². The first kappa shape index (κ1) is 14.5. The highest BCUT2D eigenvalue weighted by molar-refractivity contribution is 7.99. The van der Waals surface area contributed by atoms with Crippen molar-refractivity contribution in [1.82, 2.24) is 10.2 Å². The number of nitrogens with zero attached hydrogens (tertiary/aromatic N) is 1. The molecule has 1 saturated carbocycles. The Morgan fingerprint density at radius 3 is 2.84 bits per heavy atom. The Hall–Kier alpha value is -0.910. The highest BCUT2D eigenvalue weighted by atomic mass is 32.2. The number of carbonyl (C=O) groups is 2. The number of urea groups is 1. The van der Waals surface area contributed by atoms with Crippen LogP contribution in [0.3, 0.4) is 0 Å². The minimum Gasteiger partial charge on any atom is -0.481 e. The molecule has 0 spiro atoms. The van der Waals surface area contributed by atoms with Gasteiger partial charge in [0.15, 0.2) is 0 Å². The van der Waals surface area contributed by atoms with Crippen LogP contribution in [-0.4, -0.2) is 52.1 Å². The van der Waals surface area contributed by atoms with Gasteiger partial charge in [0.1, 0.15) is 0 Å². The summed E-state index contributed by atoms with van der Waals surface area (Å²) in [4.78, 5) is 24.9. The normalized spacial score (nSPS) is 31.2. The van der Waals surface area contributed by atoms with Crippen molar-refractivity contribution in [2.45, 2.75) is 44.7 Å². The molecule has 1 aliphatic carbocycles. The number of carbonyl (C=O) groups excluding carboxylic acids is 1. The van der Waals surface area contributed by atoms with Crippen LogP contribution in [0, 0.1) is 5.92 Å². The Morgan fingerprint density at radius 2 is 2.21 bits per heavy atom. The molecule has 0 bridgehead atoms. The van der Waals surface area contributed by atoms with Gasteiger partial charge in [0.2, 0.25) is 0 Å². The third kappa shape index (κ3) is 3.78. The van der Waals surface area contributed by atoms with Gasteiger partial charge in [-0.3, -0.25) is 4.79 Å². The molecular weight excluding hydrogens is 264 g/mol. The zero-order valence-electron chi connectivity index (χ0n) is 11.3. The lowest BCUT2D eigenvalue weighted by molar-refractivity contribution is -0.138. The molecule has 108 valence electrons. The van der Waals surface area contributed by atoms with Crippen LogP contribution in [0.15, 0.2) is 0 Å². The number of amides is 2. The monoisotopic (exact) mass is 286 g/mol. The van der Waals surface area contributed by atoms with Gasteiger partial charge in [-0.2, -0.15) is 11.8 Å². The van der Waals surface area contributed by atoms with Gasteiger partial charge in [-0.05, 0) is 18.8 Å². The maximum Gasteiger partial charge on any atom is 0.317 e. The maximum absolute atomic E-state index is 12.3. The Labute approximate surface area is 118 Å². The van der Waals surface area contributed by atoms with Crippen LogP contribution < -0.4 is 5.32 Å². The fraction of sp³-hybridized carbons (Fsp3) is 0.846. The molecular formula is C13H22N2O3S. The van der Waals surface area contributed by atoms with E-state index in [0.29, 0.717) is 12.5 Å². The van der Waals surface area contributed by atoms with Gasteiger partial charge in [-0.1, -0.05) is 13.3 Å². The van der Waals surface area contributed by atoms with E-state index in [0.717, 1.165) is 17.9 Å². The maximum atomic E-state index is 12.3. The zero-order valence-corrected chi connectivity index (χ0v) is 12.1. The first-order valence-electron chi connectivity index (χ1n) is 6.94. The fourth-order valence-corrected chi connectivity index (χ4v) is 3.96. The largest absolute Gasteiger partial charge is 0.481 e. The van der Waals surface area contributed by atoms with E-state index in [4.69, 9.17) is 5.11 Å². The number of aliphatic carboxylic acids is 1. The molecule has 0 aromatic heterocycles. The fourth-order valence-electron chi connectivity index (χ4n) is 2.89. The highest BCUT2D eigenvalue weighted by Crippen LogP contribution is 2.26. The van der Waals surface area contributed by atoms with Crippen molar-refractivity contribution in [2.24, 2.45) is 5.92 Å². The van der Waals surface area contributed by atoms with Gasteiger partial charge in [0.05, 0.1) is 12.5 Å². The number of carboxylic acids is 1. The van der Waals surface area contributed by atoms with Gasteiger partial charge in [-0.15, -0.1) is 0 Å². The average molecular weight is 286 g/mol. The minimum atomic E-state index is -0.834. The Morgan fingerprint density at radius 1 is 1.42 bits per heavy atom. The second-order valence-electron chi connectivity index (χ2n) is 5.48. The predicted octanol–water partition coefficient (Wildman–Crippen LogP) is 1.78. The van der Waals surface area contributed by atoms with Crippen LogP contribution in [0.4, 0.5) is 4.79 Å². The molecule has 2 aliphatic rings. The third-order valence-corrected chi connectivity index (χ3v) is 5.16. The van der Waals surface area contributed by atoms with Crippen LogP contribution in [0.1, 0.15) is 32.6 Å². The first-order valence-corrected chi connectivity index (χ1v) is 8.10. The number of carboxylic acid groups (broad SMARTS) is 1. The van der Waals surface area contributed by atoms with Crippen molar-refractivity contribution in [3.8, 4) is 0 Å². The lowest BCUT2D eigenvalue weighted by atomic mass is 10.1. The SMILES string of the molecule is CC1CCCC1NC(=O)N1CCSCC1CC(=O)O. The summed E-state index contributed by atoms with van der Waals surface area (Å²) in [5.41, 5.74) is 0. The third-order valence-electron chi connectivity index (χ3n) is 4.07. The molecule has 0 radical (unpaired) electrons. The molecule has 5 nitrogen and oxygen atoms in total. The molecule has 3 atom stereocenters. The topological polar surface area (TPSA) is 69.6 Å². The van der Waals surface area contributed by atoms with Gasteiger partial charge in [0.25, 0.3) is 0 Å². The zero-order chi connectivity index (χ0) is 13.8. The van der Waals surface area contributed by atoms with E-state index in [2.05, 4.69) is 12.2 Å². The summed E-state index contributed by atoms with van der Waals surface area (Å²) < 4.78 is 0. The Balaban J connectivity index is 1.93. The number of nitrogens with one attached hydrogen (secondary N) is 1. The molecule has 1 heterocycles. The molecule has 2 rings (SSSR count). The lowest BCUT2D eigenvalue weighted by Crippen LogP contribution is -2.53. The van der Waals surface area contributed by atoms with Crippen LogP contribution >= 0.6 is 11.8 Å². The lowest BCUT2D eigenvalue weighted by Gasteiger charge is -2.35. The summed E-state index contributed by atoms with van der Waals surface area (Å²) >= 11 is 1.72. The second kappa shape index (κ2) is 6.50. The van der Waals surface area contributed by atoms with E-state index in [-0.39, 0.29) is 24.5 Å². The van der Waals surface area contributed by atoms with Crippen LogP contribution in [0.25, 0.3) is 0 Å². The number of hydrogen-bond donors (Lipinski definition) is 2. The predicted molar refractivity (Wildman–Crippen MR) is 75.4 cm³/mol. The first-order chi connectivity index (χ1) is 9.08. The second-order valence-corrected chi connectivity index (χ2v) is 6.63. The van der Waals surface area contributed by atoms with E-state index in [1.165, 1.54) is 12.8 Å². The summed E-state index contributed by atoms with van der Waals surface area (Å²) in [5.74, 6) is 1.31. The molecule has 1 saturated heterocycles. The van der Waals surface area contributed by atoms with Crippen molar-refractivity contribution < 1.29 is 14.7 Å². The molecule has 19 heavy (non-hydrogen) atoms. The van der Waals surface area contributed by atoms with Crippen molar-refractivity contribution in [1.29, 1.82) is 0 Å².